The first kappa shape index (κ1) is 28.9. The third-order valence-electron chi connectivity index (χ3n) is 5.39. The van der Waals surface area contributed by atoms with Crippen LogP contribution < -0.4 is 15.4 Å². The number of nitrogens with one attached hydrogen (secondary N) is 2. The summed E-state index contributed by atoms with van der Waals surface area (Å²) in [4.78, 5) is 34.5. The number of likely N-dealkylation sites (tertiary alicyclic amines) is 1. The van der Waals surface area contributed by atoms with Crippen LogP contribution in [0.1, 0.15) is 49.5 Å². The number of amides is 2. The number of aryl methyl sites for hydroxylation is 1. The molecule has 1 aliphatic heterocycles. The normalized spacial score (nSPS) is 17.5. The molecule has 2 aromatic rings. The van der Waals surface area contributed by atoms with E-state index < -0.39 is 54.6 Å². The van der Waals surface area contributed by atoms with Gasteiger partial charge in [-0.1, -0.05) is 0 Å². The summed E-state index contributed by atoms with van der Waals surface area (Å²) >= 11 is 0. The van der Waals surface area contributed by atoms with Gasteiger partial charge < -0.3 is 25.0 Å². The molecular formula is C24H28F5N5O4. The number of alkyl carbamates (subject to hydrolysis) is 1. The number of aromatic nitrogens is 2. The van der Waals surface area contributed by atoms with Crippen molar-refractivity contribution in [3.8, 4) is 5.75 Å². The summed E-state index contributed by atoms with van der Waals surface area (Å²) in [6.45, 7) is 5.65. The van der Waals surface area contributed by atoms with E-state index in [-0.39, 0.29) is 30.2 Å². The third-order valence-corrected chi connectivity index (χ3v) is 5.39. The zero-order valence-electron chi connectivity index (χ0n) is 21.2. The van der Waals surface area contributed by atoms with Gasteiger partial charge in [-0.15, -0.1) is 13.2 Å². The standard InChI is InChI=1S/C24H28F5N5O4/c1-14-11-31-19(32-18-9-16(6-8-30-18)38-24(27,28)29)10-17(14)20(35)34-13-23(25,26)7-5-15(34)12-37-21(36)33-22(2,3)4/h6,8-11,15H,5,7,12-13H2,1-4H3,(H,33,36)(H,30,31,32)/t15-/m1/s1. The number of alkyl halides is 5. The van der Waals surface area contributed by atoms with Crippen molar-refractivity contribution in [3.63, 3.8) is 0 Å². The van der Waals surface area contributed by atoms with Crippen molar-refractivity contribution >= 4 is 23.6 Å². The van der Waals surface area contributed by atoms with Gasteiger partial charge in [-0.25, -0.2) is 23.5 Å². The number of hydrogen-bond acceptors (Lipinski definition) is 7. The number of hydrogen-bond donors (Lipinski definition) is 2. The summed E-state index contributed by atoms with van der Waals surface area (Å²) in [5.41, 5.74) is -0.162. The van der Waals surface area contributed by atoms with Crippen molar-refractivity contribution in [2.75, 3.05) is 18.5 Å². The topological polar surface area (TPSA) is 106 Å². The van der Waals surface area contributed by atoms with Gasteiger partial charge in [0.15, 0.2) is 0 Å². The fourth-order valence-electron chi connectivity index (χ4n) is 3.70. The molecule has 1 atom stereocenters. The lowest BCUT2D eigenvalue weighted by Crippen LogP contribution is -2.54. The number of anilines is 2. The van der Waals surface area contributed by atoms with Crippen molar-refractivity contribution in [2.45, 2.75) is 64.4 Å². The number of carbonyl (C=O) groups is 2. The van der Waals surface area contributed by atoms with Crippen LogP contribution in [0.3, 0.4) is 0 Å². The van der Waals surface area contributed by atoms with Crippen LogP contribution in [-0.4, -0.2) is 63.9 Å². The Kier molecular flexibility index (Phi) is 8.32. The molecule has 1 fully saturated rings. The third kappa shape index (κ3) is 8.42. The molecular weight excluding hydrogens is 517 g/mol. The Morgan fingerprint density at radius 2 is 1.84 bits per heavy atom. The molecule has 1 saturated heterocycles. The molecule has 0 saturated carbocycles. The quantitative estimate of drug-likeness (QED) is 0.481. The van der Waals surface area contributed by atoms with E-state index in [9.17, 15) is 31.5 Å². The van der Waals surface area contributed by atoms with E-state index in [2.05, 4.69) is 25.3 Å². The molecule has 0 unspecified atom stereocenters. The fraction of sp³-hybridized carbons (Fsp3) is 0.500. The van der Waals surface area contributed by atoms with Gasteiger partial charge in [0.05, 0.1) is 12.6 Å². The van der Waals surface area contributed by atoms with Crippen molar-refractivity contribution in [2.24, 2.45) is 0 Å². The lowest BCUT2D eigenvalue weighted by Gasteiger charge is -2.39. The SMILES string of the molecule is Cc1cnc(Nc2cc(OC(F)(F)F)ccn2)cc1C(=O)N1CC(F)(F)CC[C@@H]1COC(=O)NC(C)(C)C. The Bertz CT molecular complexity index is 1170. The minimum atomic E-state index is -4.90. The van der Waals surface area contributed by atoms with E-state index in [1.54, 1.807) is 27.7 Å². The highest BCUT2D eigenvalue weighted by atomic mass is 19.4. The first-order valence-corrected chi connectivity index (χ1v) is 11.6. The molecule has 2 aromatic heterocycles. The lowest BCUT2D eigenvalue weighted by atomic mass is 9.98. The summed E-state index contributed by atoms with van der Waals surface area (Å²) in [6, 6.07) is 2.48. The number of ether oxygens (including phenoxy) is 2. The average Bonchev–Trinajstić information content (AvgIpc) is 2.76. The molecule has 0 bridgehead atoms. The summed E-state index contributed by atoms with van der Waals surface area (Å²) in [5.74, 6) is -4.41. The van der Waals surface area contributed by atoms with Crippen molar-refractivity contribution in [1.82, 2.24) is 20.2 Å². The minimum Gasteiger partial charge on any atom is -0.447 e. The van der Waals surface area contributed by atoms with E-state index in [4.69, 9.17) is 4.74 Å². The maximum atomic E-state index is 14.3. The van der Waals surface area contributed by atoms with Crippen LogP contribution in [0.5, 0.6) is 5.75 Å². The van der Waals surface area contributed by atoms with Crippen LogP contribution in [0.2, 0.25) is 0 Å². The van der Waals surface area contributed by atoms with E-state index in [0.29, 0.717) is 5.56 Å². The summed E-state index contributed by atoms with van der Waals surface area (Å²) in [5, 5.41) is 5.28. The molecule has 1 aliphatic rings. The maximum absolute atomic E-state index is 14.3. The second-order valence-corrected chi connectivity index (χ2v) is 9.89. The predicted octanol–water partition coefficient (Wildman–Crippen LogP) is 5.19. The molecule has 38 heavy (non-hydrogen) atoms. The van der Waals surface area contributed by atoms with E-state index >= 15 is 0 Å². The molecule has 2 amide bonds. The zero-order chi connectivity index (χ0) is 28.3. The predicted molar refractivity (Wildman–Crippen MR) is 126 cm³/mol. The largest absolute Gasteiger partial charge is 0.573 e. The van der Waals surface area contributed by atoms with Crippen LogP contribution >= 0.6 is 0 Å². The maximum Gasteiger partial charge on any atom is 0.573 e. The van der Waals surface area contributed by atoms with Gasteiger partial charge in [0.2, 0.25) is 0 Å². The summed E-state index contributed by atoms with van der Waals surface area (Å²) in [7, 11) is 0. The summed E-state index contributed by atoms with van der Waals surface area (Å²) < 4.78 is 75.2. The molecule has 0 radical (unpaired) electrons. The first-order valence-electron chi connectivity index (χ1n) is 11.6. The van der Waals surface area contributed by atoms with Gasteiger partial charge in [-0.3, -0.25) is 4.79 Å². The number of halogens is 5. The van der Waals surface area contributed by atoms with Crippen LogP contribution in [-0.2, 0) is 4.74 Å². The Morgan fingerprint density at radius 1 is 1.16 bits per heavy atom. The van der Waals surface area contributed by atoms with Crippen LogP contribution in [0.15, 0.2) is 30.6 Å². The smallest absolute Gasteiger partial charge is 0.447 e. The second kappa shape index (κ2) is 11.0. The molecule has 0 aromatic carbocycles. The molecule has 208 valence electrons. The number of rotatable bonds is 6. The molecule has 14 heteroatoms. The van der Waals surface area contributed by atoms with Gasteiger partial charge in [-0.2, -0.15) is 0 Å². The number of pyridine rings is 2. The van der Waals surface area contributed by atoms with Gasteiger partial charge in [0.25, 0.3) is 11.8 Å². The first-order chi connectivity index (χ1) is 17.5. The second-order valence-electron chi connectivity index (χ2n) is 9.89. The Labute approximate surface area is 215 Å². The van der Waals surface area contributed by atoms with Crippen LogP contribution in [0.25, 0.3) is 0 Å². The molecule has 3 rings (SSSR count). The van der Waals surface area contributed by atoms with Crippen molar-refractivity contribution in [1.29, 1.82) is 0 Å². The van der Waals surface area contributed by atoms with E-state index in [0.717, 1.165) is 23.2 Å². The molecule has 0 spiro atoms. The van der Waals surface area contributed by atoms with Crippen molar-refractivity contribution < 1.29 is 41.0 Å². The Morgan fingerprint density at radius 3 is 2.50 bits per heavy atom. The molecule has 3 heterocycles. The molecule has 2 N–H and O–H groups in total. The number of nitrogens with zero attached hydrogens (tertiary/aromatic N) is 3. The number of piperidine rings is 1. The molecule has 9 nitrogen and oxygen atoms in total. The fourth-order valence-corrected chi connectivity index (χ4v) is 3.70. The highest BCUT2D eigenvalue weighted by Gasteiger charge is 2.43. The highest BCUT2D eigenvalue weighted by molar-refractivity contribution is 5.96. The monoisotopic (exact) mass is 545 g/mol. The van der Waals surface area contributed by atoms with Gasteiger partial charge in [-0.05, 0) is 51.8 Å². The van der Waals surface area contributed by atoms with Crippen LogP contribution in [0.4, 0.5) is 38.4 Å². The van der Waals surface area contributed by atoms with E-state index in [1.807, 2.05) is 0 Å². The van der Waals surface area contributed by atoms with Gasteiger partial charge >= 0.3 is 12.5 Å². The zero-order valence-corrected chi connectivity index (χ0v) is 21.2. The minimum absolute atomic E-state index is 0.0343. The summed E-state index contributed by atoms with van der Waals surface area (Å²) in [6.07, 6.45) is -3.80. The Balaban J connectivity index is 1.80. The van der Waals surface area contributed by atoms with Gasteiger partial charge in [0.1, 0.15) is 24.0 Å². The van der Waals surface area contributed by atoms with Crippen LogP contribution in [0, 0.1) is 6.92 Å². The average molecular weight is 546 g/mol. The van der Waals surface area contributed by atoms with E-state index in [1.165, 1.54) is 12.3 Å². The highest BCUT2D eigenvalue weighted by Crippen LogP contribution is 2.32. The molecule has 0 aliphatic carbocycles. The lowest BCUT2D eigenvalue weighted by molar-refractivity contribution is -0.274. The number of carbonyl (C=O) groups excluding carboxylic acids is 2. The van der Waals surface area contributed by atoms with Gasteiger partial charge in [0, 0.05) is 36.0 Å². The Hall–Kier alpha value is -3.71. The van der Waals surface area contributed by atoms with Crippen molar-refractivity contribution in [3.05, 3.63) is 41.7 Å².